The number of nitrogens with zero attached hydrogens (tertiary/aromatic N) is 7. The molecule has 2 aromatic carbocycles. The van der Waals surface area contributed by atoms with Crippen molar-refractivity contribution in [3.63, 3.8) is 0 Å². The molecule has 3 aliphatic heterocycles. The molecular formula is C46H57F2N9. The minimum Gasteiger partial charge on any atom is -0.369 e. The van der Waals surface area contributed by atoms with Gasteiger partial charge in [-0.15, -0.1) is 0 Å². The number of allylic oxidation sites excluding steroid dienone is 1. The molecule has 9 nitrogen and oxygen atoms in total. The first-order chi connectivity index (χ1) is 27.5. The van der Waals surface area contributed by atoms with E-state index in [0.29, 0.717) is 36.4 Å². The van der Waals surface area contributed by atoms with Crippen molar-refractivity contribution in [3.8, 4) is 11.3 Å². The van der Waals surface area contributed by atoms with Gasteiger partial charge in [-0.05, 0) is 112 Å². The van der Waals surface area contributed by atoms with Crippen LogP contribution in [0, 0.1) is 24.5 Å². The number of hydrogen-bond acceptors (Lipinski definition) is 8. The first-order valence-electron chi connectivity index (χ1n) is 20.4. The zero-order valence-corrected chi connectivity index (χ0v) is 34.1. The zero-order chi connectivity index (χ0) is 40.2. The quantitative estimate of drug-likeness (QED) is 0.167. The summed E-state index contributed by atoms with van der Waals surface area (Å²) in [6.45, 7) is 23.3. The molecule has 2 bridgehead atoms. The Morgan fingerprint density at radius 3 is 2.60 bits per heavy atom. The van der Waals surface area contributed by atoms with Gasteiger partial charge in [0.2, 0.25) is 5.96 Å². The maximum absolute atomic E-state index is 15.2. The number of anilines is 3. The van der Waals surface area contributed by atoms with Crippen molar-refractivity contribution < 1.29 is 8.78 Å². The molecule has 1 unspecified atom stereocenters. The maximum atomic E-state index is 15.2. The Kier molecular flexibility index (Phi) is 12.2. The van der Waals surface area contributed by atoms with Crippen molar-refractivity contribution in [2.45, 2.75) is 71.6 Å². The van der Waals surface area contributed by atoms with Gasteiger partial charge < -0.3 is 20.4 Å². The molecule has 5 heterocycles. The Hall–Kier alpha value is -5.29. The van der Waals surface area contributed by atoms with Crippen LogP contribution in [0.15, 0.2) is 85.3 Å². The van der Waals surface area contributed by atoms with Gasteiger partial charge in [0, 0.05) is 85.8 Å². The van der Waals surface area contributed by atoms with Crippen LogP contribution in [-0.2, 0) is 19.9 Å². The molecule has 4 aromatic rings. The first-order valence-corrected chi connectivity index (χ1v) is 20.4. The summed E-state index contributed by atoms with van der Waals surface area (Å²) in [6, 6.07) is 13.8. The molecule has 2 aromatic heterocycles. The molecule has 1 fully saturated rings. The number of rotatable bonds is 10. The summed E-state index contributed by atoms with van der Waals surface area (Å²) in [7, 11) is 2.02. The third kappa shape index (κ3) is 9.14. The number of nitrogens with one attached hydrogen (secondary N) is 2. The summed E-state index contributed by atoms with van der Waals surface area (Å²) in [4.78, 5) is 17.2. The van der Waals surface area contributed by atoms with Crippen LogP contribution < -0.4 is 20.4 Å². The van der Waals surface area contributed by atoms with E-state index in [1.54, 1.807) is 6.20 Å². The molecule has 57 heavy (non-hydrogen) atoms. The van der Waals surface area contributed by atoms with E-state index in [1.807, 2.05) is 31.8 Å². The van der Waals surface area contributed by atoms with Gasteiger partial charge in [0.25, 0.3) is 0 Å². The lowest BCUT2D eigenvalue weighted by molar-refractivity contribution is 0.261. The standard InChI is InChI=1S/C46H57F2N9/c1-8-49-32(4)14-13-31(3)45-39(47)24-35(25-40(45)48)17-18-55-19-21-56(22-20-55)37-15-16-41-44(27-37)57-29-30(2)11-9-10-12-43-38(28-50-54(43)7)42-26-36(23-33(5)51-42)34(6)52-46(57)53-41/h8,15-16,23-28,30-31,49H,1,4,6,9-14,17-22,29H2,2-3,5,7H3,(H,52,53)/t30-,31?/m1/s1. The highest BCUT2D eigenvalue weighted by atomic mass is 19.1. The smallest absolute Gasteiger partial charge is 0.208 e. The number of piperazine rings is 1. The van der Waals surface area contributed by atoms with Crippen LogP contribution in [0.25, 0.3) is 17.0 Å². The lowest BCUT2D eigenvalue weighted by atomic mass is 9.93. The molecular weight excluding hydrogens is 717 g/mol. The number of halogens is 2. The Balaban J connectivity index is 1.02. The van der Waals surface area contributed by atoms with Gasteiger partial charge in [0.05, 0.1) is 29.0 Å². The minimum atomic E-state index is -0.466. The first kappa shape index (κ1) is 39.9. The molecule has 0 spiro atoms. The van der Waals surface area contributed by atoms with Crippen LogP contribution in [0.4, 0.5) is 25.8 Å². The monoisotopic (exact) mass is 773 g/mol. The third-order valence-corrected chi connectivity index (χ3v) is 11.8. The van der Waals surface area contributed by atoms with Crippen LogP contribution in [0.3, 0.4) is 0 Å². The topological polar surface area (TPSA) is 76.8 Å². The molecule has 0 radical (unpaired) electrons. The molecule has 0 saturated carbocycles. The van der Waals surface area contributed by atoms with Crippen LogP contribution in [0.2, 0.25) is 0 Å². The normalized spacial score (nSPS) is 18.9. The fraction of sp³-hybridized carbons (Fsp3) is 0.413. The van der Waals surface area contributed by atoms with Crippen LogP contribution in [0.1, 0.15) is 79.9 Å². The second kappa shape index (κ2) is 17.5. The van der Waals surface area contributed by atoms with Crippen LogP contribution in [0.5, 0.6) is 0 Å². The van der Waals surface area contributed by atoms with E-state index in [4.69, 9.17) is 9.98 Å². The largest absolute Gasteiger partial charge is 0.369 e. The highest BCUT2D eigenvalue weighted by Gasteiger charge is 2.29. The SMILES string of the molecule is C=CNC(=C)CCC(C)c1c(F)cc(CCN2CCN(c3ccc4c(c3)N3C[C@H](C)CCCCc5c(cnn5C)-c5cc(cc(C)n5)C(=C)/N=C/3N4)CC2)cc1F. The van der Waals surface area contributed by atoms with Gasteiger partial charge in [0.15, 0.2) is 0 Å². The van der Waals surface area contributed by atoms with E-state index in [9.17, 15) is 0 Å². The predicted octanol–water partition coefficient (Wildman–Crippen LogP) is 9.19. The number of aryl methyl sites for hydroxylation is 2. The summed E-state index contributed by atoms with van der Waals surface area (Å²) >= 11 is 0. The molecule has 2 atom stereocenters. The second-order valence-electron chi connectivity index (χ2n) is 16.1. The van der Waals surface area contributed by atoms with Gasteiger partial charge >= 0.3 is 0 Å². The highest BCUT2D eigenvalue weighted by molar-refractivity contribution is 6.16. The summed E-state index contributed by atoms with van der Waals surface area (Å²) < 4.78 is 32.4. The van der Waals surface area contributed by atoms with Crippen molar-refractivity contribution in [2.24, 2.45) is 18.0 Å². The van der Waals surface area contributed by atoms with Gasteiger partial charge in [-0.3, -0.25) is 14.6 Å². The van der Waals surface area contributed by atoms with Crippen molar-refractivity contribution in [1.82, 2.24) is 25.0 Å². The van der Waals surface area contributed by atoms with Crippen LogP contribution >= 0.6 is 0 Å². The molecule has 11 heteroatoms. The summed E-state index contributed by atoms with van der Waals surface area (Å²) in [5.74, 6) is 0.0406. The Labute approximate surface area is 336 Å². The minimum absolute atomic E-state index is 0.154. The van der Waals surface area contributed by atoms with Gasteiger partial charge in [-0.25, -0.2) is 13.8 Å². The third-order valence-electron chi connectivity index (χ3n) is 11.8. The highest BCUT2D eigenvalue weighted by Crippen LogP contribution is 2.38. The molecule has 1 saturated heterocycles. The van der Waals surface area contributed by atoms with E-state index < -0.39 is 11.6 Å². The van der Waals surface area contributed by atoms with Crippen LogP contribution in [-0.4, -0.2) is 64.9 Å². The van der Waals surface area contributed by atoms with E-state index >= 15 is 8.78 Å². The average molecular weight is 774 g/mol. The molecule has 0 aliphatic carbocycles. The summed E-state index contributed by atoms with van der Waals surface area (Å²) in [6.07, 6.45) is 9.57. The zero-order valence-electron chi connectivity index (χ0n) is 34.1. The fourth-order valence-corrected chi connectivity index (χ4v) is 8.47. The van der Waals surface area contributed by atoms with Crippen molar-refractivity contribution >= 4 is 28.7 Å². The van der Waals surface area contributed by atoms with Gasteiger partial charge in [-0.2, -0.15) is 5.10 Å². The van der Waals surface area contributed by atoms with Crippen molar-refractivity contribution in [2.75, 3.05) is 54.4 Å². The molecule has 3 aliphatic rings. The molecule has 7 rings (SSSR count). The number of aromatic nitrogens is 3. The average Bonchev–Trinajstić information content (AvgIpc) is 3.72. The summed E-state index contributed by atoms with van der Waals surface area (Å²) in [5, 5.41) is 11.2. The number of aliphatic imine (C=N–C) groups is 1. The Bertz CT molecular complexity index is 2140. The number of pyridine rings is 1. The second-order valence-corrected chi connectivity index (χ2v) is 16.1. The molecule has 300 valence electrons. The predicted molar refractivity (Wildman–Crippen MR) is 231 cm³/mol. The van der Waals surface area contributed by atoms with Gasteiger partial charge in [-0.1, -0.05) is 40.0 Å². The van der Waals surface area contributed by atoms with E-state index in [1.165, 1.54) is 23.5 Å². The van der Waals surface area contributed by atoms with E-state index in [0.717, 1.165) is 110 Å². The molecule has 0 amide bonds. The Morgan fingerprint density at radius 1 is 1.07 bits per heavy atom. The summed E-state index contributed by atoms with van der Waals surface area (Å²) in [5.41, 5.74) is 10.7. The van der Waals surface area contributed by atoms with E-state index in [-0.39, 0.29) is 11.5 Å². The van der Waals surface area contributed by atoms with E-state index in [2.05, 4.69) is 87.4 Å². The maximum Gasteiger partial charge on any atom is 0.208 e. The fourth-order valence-electron chi connectivity index (χ4n) is 8.47. The number of benzene rings is 2. The van der Waals surface area contributed by atoms with Crippen molar-refractivity contribution in [3.05, 3.63) is 120 Å². The lowest BCUT2D eigenvalue weighted by Gasteiger charge is -2.36. The van der Waals surface area contributed by atoms with Crippen molar-refractivity contribution in [1.29, 1.82) is 0 Å². The lowest BCUT2D eigenvalue weighted by Crippen LogP contribution is -2.47. The number of hydrogen-bond donors (Lipinski definition) is 2. The number of guanidine groups is 1. The Morgan fingerprint density at radius 2 is 1.84 bits per heavy atom. The molecule has 2 N–H and O–H groups in total. The van der Waals surface area contributed by atoms with Gasteiger partial charge in [0.1, 0.15) is 11.6 Å². The number of fused-ring (bicyclic) bond motifs is 7.